The number of rotatable bonds is 4. The third-order valence-corrected chi connectivity index (χ3v) is 2.77. The van der Waals surface area contributed by atoms with Crippen LogP contribution in [0.5, 0.6) is 0 Å². The molecule has 2 nitrogen and oxygen atoms in total. The van der Waals surface area contributed by atoms with Crippen molar-refractivity contribution in [3.63, 3.8) is 0 Å². The minimum atomic E-state index is -4.35. The van der Waals surface area contributed by atoms with Crippen LogP contribution in [0.2, 0.25) is 0 Å². The van der Waals surface area contributed by atoms with Gasteiger partial charge in [0.2, 0.25) is 0 Å². The van der Waals surface area contributed by atoms with E-state index in [4.69, 9.17) is 0 Å². The normalized spacial score (nSPS) is 11.2. The zero-order valence-electron chi connectivity index (χ0n) is 11.0. The van der Waals surface area contributed by atoms with E-state index in [0.717, 1.165) is 17.8 Å². The Hall–Kier alpha value is -2.17. The summed E-state index contributed by atoms with van der Waals surface area (Å²) in [4.78, 5) is 0. The Labute approximate surface area is 115 Å². The van der Waals surface area contributed by atoms with Gasteiger partial charge in [0.05, 0.1) is 16.9 Å². The average Bonchev–Trinajstić information content (AvgIpc) is 2.41. The Kier molecular flexibility index (Phi) is 4.17. The highest BCUT2D eigenvalue weighted by Gasteiger charge is 2.31. The predicted molar refractivity (Wildman–Crippen MR) is 75.3 cm³/mol. The summed E-state index contributed by atoms with van der Waals surface area (Å²) in [6.07, 6.45) is -4.35. The second-order valence-corrected chi connectivity index (χ2v) is 4.28. The summed E-state index contributed by atoms with van der Waals surface area (Å²) in [5, 5.41) is 6.05. The third-order valence-electron chi connectivity index (χ3n) is 2.77. The van der Waals surface area contributed by atoms with Crippen molar-refractivity contribution >= 4 is 17.1 Å². The van der Waals surface area contributed by atoms with Crippen LogP contribution in [-0.2, 0) is 6.18 Å². The van der Waals surface area contributed by atoms with Crippen LogP contribution < -0.4 is 10.6 Å². The topological polar surface area (TPSA) is 24.1 Å². The molecule has 0 aliphatic carbocycles. The van der Waals surface area contributed by atoms with Gasteiger partial charge >= 0.3 is 6.18 Å². The lowest BCUT2D eigenvalue weighted by atomic mass is 10.1. The fourth-order valence-corrected chi connectivity index (χ4v) is 1.85. The van der Waals surface area contributed by atoms with Crippen LogP contribution in [0.4, 0.5) is 30.2 Å². The molecule has 0 unspecified atom stereocenters. The Bertz CT molecular complexity index is 565. The van der Waals surface area contributed by atoms with Gasteiger partial charge in [0, 0.05) is 12.2 Å². The van der Waals surface area contributed by atoms with Gasteiger partial charge in [0.25, 0.3) is 0 Å². The van der Waals surface area contributed by atoms with E-state index in [1.165, 1.54) is 6.07 Å². The van der Waals surface area contributed by atoms with E-state index >= 15 is 0 Å². The molecule has 0 spiro atoms. The first kappa shape index (κ1) is 14.2. The van der Waals surface area contributed by atoms with Gasteiger partial charge < -0.3 is 10.6 Å². The van der Waals surface area contributed by atoms with Crippen LogP contribution in [0.3, 0.4) is 0 Å². The molecule has 0 radical (unpaired) electrons. The lowest BCUT2D eigenvalue weighted by Crippen LogP contribution is -2.07. The standard InChI is InChI=1S/C15H15F3N2/c1-2-19-13-9-8-11(15(16,17)18)10-14(13)20-12-6-4-3-5-7-12/h3-10,19-20H,2H2,1H3. The molecule has 0 saturated carbocycles. The minimum absolute atomic E-state index is 0.410. The molecular weight excluding hydrogens is 265 g/mol. The minimum Gasteiger partial charge on any atom is -0.384 e. The molecule has 2 aromatic carbocycles. The van der Waals surface area contributed by atoms with Crippen LogP contribution in [0.1, 0.15) is 12.5 Å². The van der Waals surface area contributed by atoms with Crippen LogP contribution in [0.15, 0.2) is 48.5 Å². The van der Waals surface area contributed by atoms with Gasteiger partial charge in [-0.25, -0.2) is 0 Å². The molecule has 0 fully saturated rings. The quantitative estimate of drug-likeness (QED) is 0.834. The number of hydrogen-bond acceptors (Lipinski definition) is 2. The van der Waals surface area contributed by atoms with Gasteiger partial charge in [-0.3, -0.25) is 0 Å². The molecule has 0 amide bonds. The third kappa shape index (κ3) is 3.44. The lowest BCUT2D eigenvalue weighted by Gasteiger charge is -2.16. The van der Waals surface area contributed by atoms with E-state index in [2.05, 4.69) is 10.6 Å². The zero-order valence-corrected chi connectivity index (χ0v) is 11.0. The fraction of sp³-hybridized carbons (Fsp3) is 0.200. The van der Waals surface area contributed by atoms with Gasteiger partial charge in [0.15, 0.2) is 0 Å². The second-order valence-electron chi connectivity index (χ2n) is 4.28. The first-order valence-electron chi connectivity index (χ1n) is 6.28. The Balaban J connectivity index is 2.37. The molecule has 0 aliphatic rings. The van der Waals surface area contributed by atoms with E-state index in [-0.39, 0.29) is 0 Å². The zero-order chi connectivity index (χ0) is 14.6. The highest BCUT2D eigenvalue weighted by atomic mass is 19.4. The van der Waals surface area contributed by atoms with Gasteiger partial charge in [-0.15, -0.1) is 0 Å². The van der Waals surface area contributed by atoms with Crippen LogP contribution in [0, 0.1) is 0 Å². The highest BCUT2D eigenvalue weighted by Crippen LogP contribution is 2.35. The maximum atomic E-state index is 12.8. The summed E-state index contributed by atoms with van der Waals surface area (Å²) in [6, 6.07) is 12.7. The highest BCUT2D eigenvalue weighted by molar-refractivity contribution is 5.75. The molecule has 0 atom stereocenters. The largest absolute Gasteiger partial charge is 0.416 e. The summed E-state index contributed by atoms with van der Waals surface area (Å²) < 4.78 is 38.3. The van der Waals surface area contributed by atoms with E-state index < -0.39 is 11.7 Å². The van der Waals surface area contributed by atoms with Crippen molar-refractivity contribution in [2.45, 2.75) is 13.1 Å². The van der Waals surface area contributed by atoms with Crippen LogP contribution in [-0.4, -0.2) is 6.54 Å². The van der Waals surface area contributed by atoms with E-state index in [1.807, 2.05) is 25.1 Å². The SMILES string of the molecule is CCNc1ccc(C(F)(F)F)cc1Nc1ccccc1. The first-order valence-corrected chi connectivity index (χ1v) is 6.28. The number of alkyl halides is 3. The maximum absolute atomic E-state index is 12.8. The number of nitrogens with one attached hydrogen (secondary N) is 2. The molecule has 2 N–H and O–H groups in total. The molecule has 0 heterocycles. The summed E-state index contributed by atoms with van der Waals surface area (Å²) in [5.41, 5.74) is 1.13. The van der Waals surface area contributed by atoms with Gasteiger partial charge in [-0.05, 0) is 37.3 Å². The smallest absolute Gasteiger partial charge is 0.384 e. The predicted octanol–water partition coefficient (Wildman–Crippen LogP) is 4.88. The van der Waals surface area contributed by atoms with Crippen molar-refractivity contribution in [2.24, 2.45) is 0 Å². The van der Waals surface area contributed by atoms with Crippen molar-refractivity contribution in [3.05, 3.63) is 54.1 Å². The summed E-state index contributed by atoms with van der Waals surface area (Å²) in [5.74, 6) is 0. The van der Waals surface area contributed by atoms with Crippen LogP contribution in [0.25, 0.3) is 0 Å². The molecule has 0 aromatic heterocycles. The van der Waals surface area contributed by atoms with Crippen molar-refractivity contribution in [1.82, 2.24) is 0 Å². The van der Waals surface area contributed by atoms with E-state index in [0.29, 0.717) is 17.9 Å². The fourth-order valence-electron chi connectivity index (χ4n) is 1.85. The number of halogens is 3. The van der Waals surface area contributed by atoms with E-state index in [9.17, 15) is 13.2 Å². The van der Waals surface area contributed by atoms with Gasteiger partial charge in [-0.1, -0.05) is 18.2 Å². The van der Waals surface area contributed by atoms with Crippen molar-refractivity contribution < 1.29 is 13.2 Å². The molecule has 2 rings (SSSR count). The molecule has 2 aromatic rings. The Morgan fingerprint density at radius 3 is 2.25 bits per heavy atom. The first-order chi connectivity index (χ1) is 9.50. The number of benzene rings is 2. The lowest BCUT2D eigenvalue weighted by molar-refractivity contribution is -0.137. The van der Waals surface area contributed by atoms with Crippen molar-refractivity contribution in [1.29, 1.82) is 0 Å². The second kappa shape index (κ2) is 5.86. The van der Waals surface area contributed by atoms with Crippen molar-refractivity contribution in [2.75, 3.05) is 17.2 Å². The molecule has 5 heteroatoms. The molecule has 106 valence electrons. The number of hydrogen-bond donors (Lipinski definition) is 2. The monoisotopic (exact) mass is 280 g/mol. The molecule has 20 heavy (non-hydrogen) atoms. The number of anilines is 3. The van der Waals surface area contributed by atoms with Gasteiger partial charge in [-0.2, -0.15) is 13.2 Å². The molecule has 0 aliphatic heterocycles. The number of para-hydroxylation sites is 1. The Morgan fingerprint density at radius 2 is 1.65 bits per heavy atom. The maximum Gasteiger partial charge on any atom is 0.416 e. The van der Waals surface area contributed by atoms with Crippen molar-refractivity contribution in [3.8, 4) is 0 Å². The van der Waals surface area contributed by atoms with E-state index in [1.54, 1.807) is 12.1 Å². The van der Waals surface area contributed by atoms with Crippen LogP contribution >= 0.6 is 0 Å². The molecular formula is C15H15F3N2. The summed E-state index contributed by atoms with van der Waals surface area (Å²) in [6.45, 7) is 2.53. The summed E-state index contributed by atoms with van der Waals surface area (Å²) in [7, 11) is 0. The van der Waals surface area contributed by atoms with Gasteiger partial charge in [0.1, 0.15) is 0 Å². The average molecular weight is 280 g/mol. The molecule has 0 bridgehead atoms. The molecule has 0 saturated heterocycles. The Morgan fingerprint density at radius 1 is 0.950 bits per heavy atom. The summed E-state index contributed by atoms with van der Waals surface area (Å²) >= 11 is 0.